The van der Waals surface area contributed by atoms with E-state index < -0.39 is 51.4 Å². The van der Waals surface area contributed by atoms with Gasteiger partial charge in [-0.15, -0.1) is 0 Å². The molecule has 2 amide bonds. The average molecular weight is 393 g/mol. The number of aliphatic carboxylic acids is 1. The number of nitrogens with zero attached hydrogens (tertiary/aromatic N) is 1. The Morgan fingerprint density at radius 2 is 1.93 bits per heavy atom. The van der Waals surface area contributed by atoms with Crippen molar-refractivity contribution in [2.45, 2.75) is 31.0 Å². The topological polar surface area (TPSA) is 147 Å². The van der Waals surface area contributed by atoms with E-state index in [0.29, 0.717) is 5.56 Å². The zero-order chi connectivity index (χ0) is 19.9. The van der Waals surface area contributed by atoms with Crippen molar-refractivity contribution >= 4 is 27.6 Å². The second kappa shape index (κ2) is 6.78. The molecule has 144 valence electrons. The summed E-state index contributed by atoms with van der Waals surface area (Å²) in [5.41, 5.74) is 5.96. The van der Waals surface area contributed by atoms with Crippen LogP contribution in [0.1, 0.15) is 24.4 Å². The quantitative estimate of drug-likeness (QED) is 0.572. The van der Waals surface area contributed by atoms with Crippen LogP contribution in [0.2, 0.25) is 0 Å². The van der Waals surface area contributed by atoms with E-state index in [9.17, 15) is 27.9 Å². The van der Waals surface area contributed by atoms with Crippen LogP contribution in [0.3, 0.4) is 0 Å². The van der Waals surface area contributed by atoms with Crippen LogP contribution in [0.4, 0.5) is 0 Å². The number of carboxylic acid groups (broad SMARTS) is 1. The number of fused-ring (bicyclic) bond motifs is 1. The Morgan fingerprint density at radius 3 is 2.48 bits per heavy atom. The van der Waals surface area contributed by atoms with Gasteiger partial charge in [0.15, 0.2) is 9.84 Å². The summed E-state index contributed by atoms with van der Waals surface area (Å²) < 4.78 is 23.7. The fourth-order valence-electron chi connectivity index (χ4n) is 3.44. The first-order chi connectivity index (χ1) is 12.6. The molecule has 4 N–H and O–H groups in total. The summed E-state index contributed by atoms with van der Waals surface area (Å²) in [7, 11) is -3.76. The van der Waals surface area contributed by atoms with E-state index in [1.54, 1.807) is 30.3 Å². The van der Waals surface area contributed by atoms with Crippen molar-refractivity contribution < 1.29 is 27.9 Å². The van der Waals surface area contributed by atoms with Crippen LogP contribution in [0.15, 0.2) is 40.9 Å². The Kier molecular flexibility index (Phi) is 4.79. The fraction of sp³-hybridized carbons (Fsp3) is 0.353. The number of sulfone groups is 1. The molecule has 2 heterocycles. The van der Waals surface area contributed by atoms with Crippen molar-refractivity contribution in [2.75, 3.05) is 6.26 Å². The van der Waals surface area contributed by atoms with E-state index >= 15 is 0 Å². The number of benzene rings is 1. The summed E-state index contributed by atoms with van der Waals surface area (Å²) in [5, 5.41) is 11.9. The molecular formula is C17H19N3O6S. The highest BCUT2D eigenvalue weighted by molar-refractivity contribution is 7.94. The lowest BCUT2D eigenvalue weighted by Gasteiger charge is -2.50. The second-order valence-electron chi connectivity index (χ2n) is 6.54. The van der Waals surface area contributed by atoms with E-state index in [-0.39, 0.29) is 17.7 Å². The Bertz CT molecular complexity index is 941. The van der Waals surface area contributed by atoms with E-state index in [4.69, 9.17) is 5.73 Å². The van der Waals surface area contributed by atoms with Crippen molar-refractivity contribution in [3.8, 4) is 0 Å². The third kappa shape index (κ3) is 3.33. The van der Waals surface area contributed by atoms with Gasteiger partial charge in [0.05, 0.1) is 10.9 Å². The summed E-state index contributed by atoms with van der Waals surface area (Å²) in [6, 6.07) is 6.10. The molecule has 1 aromatic rings. The van der Waals surface area contributed by atoms with Crippen molar-refractivity contribution in [3.05, 3.63) is 46.5 Å². The minimum atomic E-state index is -3.76. The lowest BCUT2D eigenvalue weighted by Crippen LogP contribution is -2.72. The summed E-state index contributed by atoms with van der Waals surface area (Å²) in [6.07, 6.45) is 1.14. The number of carbonyl (C=O) groups excluding carboxylic acids is 2. The lowest BCUT2D eigenvalue weighted by molar-refractivity contribution is -0.156. The summed E-state index contributed by atoms with van der Waals surface area (Å²) in [5.74, 6) is -2.71. The van der Waals surface area contributed by atoms with Gasteiger partial charge < -0.3 is 16.2 Å². The van der Waals surface area contributed by atoms with Crippen LogP contribution in [-0.2, 0) is 24.2 Å². The molecule has 2 aliphatic rings. The van der Waals surface area contributed by atoms with Crippen molar-refractivity contribution in [3.63, 3.8) is 0 Å². The number of amides is 2. The number of nitrogens with one attached hydrogen (secondary N) is 1. The first-order valence-electron chi connectivity index (χ1n) is 8.23. The SMILES string of the molecule is CS(=O)(=O)C1=C(C(=O)O)N2C(=O)[C@@H](NC(=O)[C@@H](N)c3ccccc3)[C@H]2CC1. The number of hydrogen-bond acceptors (Lipinski definition) is 6. The Balaban J connectivity index is 1.80. The summed E-state index contributed by atoms with van der Waals surface area (Å²) >= 11 is 0. The van der Waals surface area contributed by atoms with E-state index in [1.165, 1.54) is 0 Å². The van der Waals surface area contributed by atoms with Gasteiger partial charge in [0.25, 0.3) is 5.91 Å². The molecule has 1 saturated heterocycles. The van der Waals surface area contributed by atoms with Crippen LogP contribution >= 0.6 is 0 Å². The maximum absolute atomic E-state index is 12.5. The molecular weight excluding hydrogens is 374 g/mol. The minimum absolute atomic E-state index is 0.00791. The number of nitrogens with two attached hydrogens (primary N) is 1. The maximum atomic E-state index is 12.5. The molecule has 0 saturated carbocycles. The number of rotatable bonds is 5. The third-order valence-corrected chi connectivity index (χ3v) is 6.07. The molecule has 3 rings (SSSR count). The van der Waals surface area contributed by atoms with E-state index in [2.05, 4.69) is 5.32 Å². The molecule has 0 aromatic heterocycles. The smallest absolute Gasteiger partial charge is 0.353 e. The van der Waals surface area contributed by atoms with Gasteiger partial charge in [0.2, 0.25) is 5.91 Å². The fourth-order valence-corrected chi connectivity index (χ4v) is 4.47. The first kappa shape index (κ1) is 19.1. The monoisotopic (exact) mass is 393 g/mol. The Labute approximate surface area is 155 Å². The molecule has 0 bridgehead atoms. The molecule has 2 aliphatic heterocycles. The predicted octanol–water partition coefficient (Wildman–Crippen LogP) is -0.483. The maximum Gasteiger partial charge on any atom is 0.353 e. The van der Waals surface area contributed by atoms with Gasteiger partial charge in [-0.2, -0.15) is 0 Å². The molecule has 10 heteroatoms. The Hall–Kier alpha value is -2.72. The van der Waals surface area contributed by atoms with Crippen LogP contribution < -0.4 is 11.1 Å². The van der Waals surface area contributed by atoms with Gasteiger partial charge in [-0.05, 0) is 18.4 Å². The first-order valence-corrected chi connectivity index (χ1v) is 10.1. The highest BCUT2D eigenvalue weighted by Gasteiger charge is 2.54. The zero-order valence-electron chi connectivity index (χ0n) is 14.5. The largest absolute Gasteiger partial charge is 0.477 e. The summed E-state index contributed by atoms with van der Waals surface area (Å²) in [4.78, 5) is 37.0. The number of carboxylic acids is 1. The van der Waals surface area contributed by atoms with Crippen LogP contribution in [0.25, 0.3) is 0 Å². The molecule has 0 radical (unpaired) electrons. The third-order valence-electron chi connectivity index (χ3n) is 4.78. The normalized spacial score (nSPS) is 23.3. The average Bonchev–Trinajstić information content (AvgIpc) is 2.63. The van der Waals surface area contributed by atoms with Gasteiger partial charge in [0, 0.05) is 6.26 Å². The number of hydrogen-bond donors (Lipinski definition) is 3. The molecule has 0 spiro atoms. The number of β-lactam (4-membered cyclic amide) rings is 1. The molecule has 0 unspecified atom stereocenters. The molecule has 9 nitrogen and oxygen atoms in total. The van der Waals surface area contributed by atoms with Gasteiger partial charge in [0.1, 0.15) is 17.8 Å². The van der Waals surface area contributed by atoms with Gasteiger partial charge >= 0.3 is 5.97 Å². The number of carbonyl (C=O) groups is 3. The zero-order valence-corrected chi connectivity index (χ0v) is 15.3. The van der Waals surface area contributed by atoms with Gasteiger partial charge in [-0.1, -0.05) is 30.3 Å². The van der Waals surface area contributed by atoms with E-state index in [0.717, 1.165) is 11.2 Å². The second-order valence-corrected chi connectivity index (χ2v) is 8.58. The van der Waals surface area contributed by atoms with Crippen LogP contribution in [0.5, 0.6) is 0 Å². The van der Waals surface area contributed by atoms with Crippen molar-refractivity contribution in [2.24, 2.45) is 5.73 Å². The van der Waals surface area contributed by atoms with Gasteiger partial charge in [-0.25, -0.2) is 13.2 Å². The van der Waals surface area contributed by atoms with Crippen molar-refractivity contribution in [1.82, 2.24) is 10.2 Å². The molecule has 0 aliphatic carbocycles. The highest BCUT2D eigenvalue weighted by atomic mass is 32.2. The van der Waals surface area contributed by atoms with Gasteiger partial charge in [-0.3, -0.25) is 14.5 Å². The highest BCUT2D eigenvalue weighted by Crippen LogP contribution is 2.38. The molecule has 27 heavy (non-hydrogen) atoms. The Morgan fingerprint density at radius 1 is 1.30 bits per heavy atom. The standard InChI is InChI=1S/C17H19N3O6S/c1-27(25,26)11-8-7-10-13(16(22)20(10)14(11)17(23)24)19-15(21)12(18)9-5-3-2-4-6-9/h2-6,10,12-13H,7-8,18H2,1H3,(H,19,21)(H,23,24)/t10-,12+,13+/m1/s1. The van der Waals surface area contributed by atoms with Crippen molar-refractivity contribution in [1.29, 1.82) is 0 Å². The minimum Gasteiger partial charge on any atom is -0.477 e. The van der Waals surface area contributed by atoms with E-state index in [1.807, 2.05) is 0 Å². The van der Waals surface area contributed by atoms with Crippen LogP contribution in [0, 0.1) is 0 Å². The lowest BCUT2D eigenvalue weighted by atomic mass is 9.86. The number of allylic oxidation sites excluding steroid dienone is 1. The van der Waals surface area contributed by atoms with Crippen LogP contribution in [-0.4, -0.2) is 54.5 Å². The molecule has 1 fully saturated rings. The molecule has 1 aromatic carbocycles. The predicted molar refractivity (Wildman–Crippen MR) is 94.7 cm³/mol. The molecule has 3 atom stereocenters. The summed E-state index contributed by atoms with van der Waals surface area (Å²) in [6.45, 7) is 0.